The summed E-state index contributed by atoms with van der Waals surface area (Å²) in [4.78, 5) is 13.6. The SMILES string of the molecule is CC(Sc1ccc2ccccc2c1)C(=O)Nc1ccc2c(c1)OCO2. The van der Waals surface area contributed by atoms with E-state index in [1.807, 2.05) is 25.1 Å². The molecule has 3 aromatic carbocycles. The minimum atomic E-state index is -0.216. The van der Waals surface area contributed by atoms with Gasteiger partial charge in [-0.25, -0.2) is 0 Å². The molecule has 1 atom stereocenters. The molecule has 1 aliphatic heterocycles. The highest BCUT2D eigenvalue weighted by Gasteiger charge is 2.17. The third kappa shape index (κ3) is 3.42. The summed E-state index contributed by atoms with van der Waals surface area (Å²) in [6.07, 6.45) is 0. The zero-order valence-electron chi connectivity index (χ0n) is 13.7. The van der Waals surface area contributed by atoms with Crippen molar-refractivity contribution in [1.29, 1.82) is 0 Å². The van der Waals surface area contributed by atoms with Crippen LogP contribution in [-0.2, 0) is 4.79 Å². The van der Waals surface area contributed by atoms with Crippen molar-refractivity contribution >= 4 is 34.1 Å². The van der Waals surface area contributed by atoms with Gasteiger partial charge in [0.15, 0.2) is 11.5 Å². The van der Waals surface area contributed by atoms with Gasteiger partial charge in [0, 0.05) is 16.6 Å². The van der Waals surface area contributed by atoms with Gasteiger partial charge >= 0.3 is 0 Å². The van der Waals surface area contributed by atoms with Crippen molar-refractivity contribution in [1.82, 2.24) is 0 Å². The molecule has 25 heavy (non-hydrogen) atoms. The van der Waals surface area contributed by atoms with Crippen molar-refractivity contribution in [3.05, 3.63) is 60.7 Å². The van der Waals surface area contributed by atoms with E-state index in [1.54, 1.807) is 23.9 Å². The van der Waals surface area contributed by atoms with Gasteiger partial charge in [0.05, 0.1) is 5.25 Å². The Hall–Kier alpha value is -2.66. The highest BCUT2D eigenvalue weighted by atomic mass is 32.2. The Morgan fingerprint density at radius 1 is 1.00 bits per heavy atom. The van der Waals surface area contributed by atoms with Crippen LogP contribution in [0.5, 0.6) is 11.5 Å². The highest BCUT2D eigenvalue weighted by molar-refractivity contribution is 8.00. The first-order valence-corrected chi connectivity index (χ1v) is 8.93. The van der Waals surface area contributed by atoms with Crippen LogP contribution in [-0.4, -0.2) is 18.0 Å². The molecule has 0 radical (unpaired) electrons. The zero-order valence-corrected chi connectivity index (χ0v) is 14.5. The summed E-state index contributed by atoms with van der Waals surface area (Å²) in [5.41, 5.74) is 0.709. The number of thioether (sulfide) groups is 1. The summed E-state index contributed by atoms with van der Waals surface area (Å²) in [5, 5.41) is 5.09. The molecule has 0 bridgehead atoms. The van der Waals surface area contributed by atoms with Crippen molar-refractivity contribution in [3.8, 4) is 11.5 Å². The van der Waals surface area contributed by atoms with Crippen molar-refractivity contribution in [2.45, 2.75) is 17.1 Å². The topological polar surface area (TPSA) is 47.6 Å². The molecule has 0 saturated carbocycles. The predicted octanol–water partition coefficient (Wildman–Crippen LogP) is 4.69. The number of hydrogen-bond donors (Lipinski definition) is 1. The number of rotatable bonds is 4. The minimum Gasteiger partial charge on any atom is -0.454 e. The molecule has 1 amide bonds. The number of anilines is 1. The van der Waals surface area contributed by atoms with Gasteiger partial charge < -0.3 is 14.8 Å². The van der Waals surface area contributed by atoms with Crippen molar-refractivity contribution in [2.75, 3.05) is 12.1 Å². The lowest BCUT2D eigenvalue weighted by Crippen LogP contribution is -2.22. The Kier molecular flexibility index (Phi) is 4.24. The molecular weight excluding hydrogens is 334 g/mol. The molecule has 126 valence electrons. The summed E-state index contributed by atoms with van der Waals surface area (Å²) >= 11 is 1.54. The van der Waals surface area contributed by atoms with Crippen LogP contribution < -0.4 is 14.8 Å². The standard InChI is InChI=1S/C20H17NO3S/c1-13(25-17-8-6-14-4-2-3-5-15(14)10-17)20(22)21-16-7-9-18-19(11-16)24-12-23-18/h2-11,13H,12H2,1H3,(H,21,22). The fourth-order valence-electron chi connectivity index (χ4n) is 2.72. The molecule has 1 N–H and O–H groups in total. The Morgan fingerprint density at radius 2 is 1.80 bits per heavy atom. The maximum Gasteiger partial charge on any atom is 0.237 e. The zero-order chi connectivity index (χ0) is 17.2. The third-order valence-corrected chi connectivity index (χ3v) is 5.14. The molecule has 5 heteroatoms. The monoisotopic (exact) mass is 351 g/mol. The van der Waals surface area contributed by atoms with Crippen LogP contribution in [0.2, 0.25) is 0 Å². The summed E-state index contributed by atoms with van der Waals surface area (Å²) in [7, 11) is 0. The molecule has 4 nitrogen and oxygen atoms in total. The van der Waals surface area contributed by atoms with E-state index >= 15 is 0 Å². The first-order chi connectivity index (χ1) is 12.2. The van der Waals surface area contributed by atoms with E-state index in [0.29, 0.717) is 17.2 Å². The molecule has 0 fully saturated rings. The minimum absolute atomic E-state index is 0.0444. The number of amides is 1. The fraction of sp³-hybridized carbons (Fsp3) is 0.150. The Bertz CT molecular complexity index is 941. The van der Waals surface area contributed by atoms with Gasteiger partial charge in [0.1, 0.15) is 0 Å². The smallest absolute Gasteiger partial charge is 0.237 e. The normalized spacial score (nSPS) is 13.6. The fourth-order valence-corrected chi connectivity index (χ4v) is 3.63. The van der Waals surface area contributed by atoms with Gasteiger partial charge in [-0.05, 0) is 42.0 Å². The summed E-state index contributed by atoms with van der Waals surface area (Å²) in [6.45, 7) is 2.13. The number of benzene rings is 3. The van der Waals surface area contributed by atoms with Crippen LogP contribution in [0, 0.1) is 0 Å². The van der Waals surface area contributed by atoms with E-state index in [2.05, 4.69) is 35.6 Å². The second kappa shape index (κ2) is 6.69. The highest BCUT2D eigenvalue weighted by Crippen LogP contribution is 2.34. The van der Waals surface area contributed by atoms with Gasteiger partial charge in [-0.1, -0.05) is 30.3 Å². The lowest BCUT2D eigenvalue weighted by atomic mass is 10.1. The average Bonchev–Trinajstić information content (AvgIpc) is 3.09. The van der Waals surface area contributed by atoms with Gasteiger partial charge in [-0.15, -0.1) is 11.8 Å². The maximum atomic E-state index is 12.5. The molecule has 0 aliphatic carbocycles. The summed E-state index contributed by atoms with van der Waals surface area (Å²) in [6, 6.07) is 19.9. The molecule has 1 unspecified atom stereocenters. The largest absolute Gasteiger partial charge is 0.454 e. The number of fused-ring (bicyclic) bond motifs is 2. The summed E-state index contributed by atoms with van der Waals surface area (Å²) in [5.74, 6) is 1.32. The lowest BCUT2D eigenvalue weighted by molar-refractivity contribution is -0.115. The van der Waals surface area contributed by atoms with E-state index in [4.69, 9.17) is 9.47 Å². The maximum absolute atomic E-state index is 12.5. The molecule has 1 aliphatic rings. The Balaban J connectivity index is 1.44. The van der Waals surface area contributed by atoms with E-state index < -0.39 is 0 Å². The van der Waals surface area contributed by atoms with Gasteiger partial charge in [0.2, 0.25) is 12.7 Å². The number of hydrogen-bond acceptors (Lipinski definition) is 4. The van der Waals surface area contributed by atoms with E-state index in [9.17, 15) is 4.79 Å². The van der Waals surface area contributed by atoms with Gasteiger partial charge in [-0.3, -0.25) is 4.79 Å². The van der Waals surface area contributed by atoms with Crippen LogP contribution in [0.3, 0.4) is 0 Å². The molecule has 0 saturated heterocycles. The van der Waals surface area contributed by atoms with Crippen LogP contribution in [0.1, 0.15) is 6.92 Å². The average molecular weight is 351 g/mol. The van der Waals surface area contributed by atoms with Crippen molar-refractivity contribution < 1.29 is 14.3 Å². The quantitative estimate of drug-likeness (QED) is 0.693. The molecular formula is C20H17NO3S. The number of carbonyl (C=O) groups is 1. The third-order valence-electron chi connectivity index (χ3n) is 4.04. The number of ether oxygens (including phenoxy) is 2. The molecule has 0 aromatic heterocycles. The van der Waals surface area contributed by atoms with E-state index in [-0.39, 0.29) is 18.0 Å². The van der Waals surface area contributed by atoms with Crippen LogP contribution in [0.15, 0.2) is 65.6 Å². The molecule has 4 rings (SSSR count). The molecule has 0 spiro atoms. The van der Waals surface area contributed by atoms with Crippen molar-refractivity contribution in [2.24, 2.45) is 0 Å². The first kappa shape index (κ1) is 15.8. The van der Waals surface area contributed by atoms with Crippen LogP contribution >= 0.6 is 11.8 Å². The number of nitrogens with one attached hydrogen (secondary N) is 1. The lowest BCUT2D eigenvalue weighted by Gasteiger charge is -2.13. The Labute approximate surface area is 150 Å². The second-order valence-electron chi connectivity index (χ2n) is 5.83. The second-order valence-corrected chi connectivity index (χ2v) is 7.24. The van der Waals surface area contributed by atoms with Crippen molar-refractivity contribution in [3.63, 3.8) is 0 Å². The summed E-state index contributed by atoms with van der Waals surface area (Å²) < 4.78 is 10.6. The number of carbonyl (C=O) groups excluding carboxylic acids is 1. The van der Waals surface area contributed by atoms with Gasteiger partial charge in [0.25, 0.3) is 0 Å². The first-order valence-electron chi connectivity index (χ1n) is 8.05. The van der Waals surface area contributed by atoms with Gasteiger partial charge in [-0.2, -0.15) is 0 Å². The molecule has 1 heterocycles. The Morgan fingerprint density at radius 3 is 2.68 bits per heavy atom. The predicted molar refractivity (Wildman–Crippen MR) is 100 cm³/mol. The van der Waals surface area contributed by atoms with Crippen LogP contribution in [0.25, 0.3) is 10.8 Å². The molecule has 3 aromatic rings. The van der Waals surface area contributed by atoms with E-state index in [0.717, 1.165) is 4.90 Å². The van der Waals surface area contributed by atoms with E-state index in [1.165, 1.54) is 10.8 Å². The van der Waals surface area contributed by atoms with Crippen LogP contribution in [0.4, 0.5) is 5.69 Å².